The lowest BCUT2D eigenvalue weighted by Crippen LogP contribution is -2.41. The van der Waals surface area contributed by atoms with Crippen molar-refractivity contribution in [1.82, 2.24) is 14.1 Å². The molecule has 0 aliphatic carbocycles. The number of aryl methyl sites for hydroxylation is 1. The predicted octanol–water partition coefficient (Wildman–Crippen LogP) is 3.40. The summed E-state index contributed by atoms with van der Waals surface area (Å²) < 4.78 is 30.0. The molecule has 0 bridgehead atoms. The van der Waals surface area contributed by atoms with Crippen LogP contribution in [-0.4, -0.2) is 41.5 Å². The number of aromatic nitrogens is 2. The number of nitrogens with one attached hydrogen (secondary N) is 1. The van der Waals surface area contributed by atoms with Gasteiger partial charge in [0, 0.05) is 24.7 Å². The van der Waals surface area contributed by atoms with Crippen molar-refractivity contribution in [2.45, 2.75) is 31.6 Å². The molecule has 2 heterocycles. The van der Waals surface area contributed by atoms with E-state index in [1.54, 1.807) is 42.8 Å². The minimum absolute atomic E-state index is 0.161. The lowest BCUT2D eigenvalue weighted by molar-refractivity contribution is -0.120. The van der Waals surface area contributed by atoms with Gasteiger partial charge in [0.1, 0.15) is 4.90 Å². The molecule has 4 rings (SSSR count). The second kappa shape index (κ2) is 9.17. The molecular weight excluding hydrogens is 438 g/mol. The summed E-state index contributed by atoms with van der Waals surface area (Å²) in [5.41, 5.74) is 2.85. The molecule has 1 N–H and O–H groups in total. The van der Waals surface area contributed by atoms with Crippen LogP contribution < -0.4 is 5.32 Å². The number of anilines is 1. The SMILES string of the molecule is Cc1nn(-c2ccccc2)c(C)c1S(=O)(=O)N1CCC(C(=O)Nc2cccc(C#N)c2)CC1. The number of nitrogens with zero attached hydrogens (tertiary/aromatic N) is 4. The van der Waals surface area contributed by atoms with Crippen molar-refractivity contribution in [2.24, 2.45) is 5.92 Å². The highest BCUT2D eigenvalue weighted by molar-refractivity contribution is 7.89. The number of carbonyl (C=O) groups excluding carboxylic acids is 1. The van der Waals surface area contributed by atoms with Gasteiger partial charge in [-0.1, -0.05) is 24.3 Å². The minimum Gasteiger partial charge on any atom is -0.326 e. The van der Waals surface area contributed by atoms with E-state index in [2.05, 4.69) is 10.4 Å². The fourth-order valence-electron chi connectivity index (χ4n) is 4.22. The van der Waals surface area contributed by atoms with Crippen LogP contribution in [-0.2, 0) is 14.8 Å². The Hall–Kier alpha value is -3.48. The topological polar surface area (TPSA) is 108 Å². The first kappa shape index (κ1) is 22.7. The fourth-order valence-corrected chi connectivity index (χ4v) is 6.04. The number of para-hydroxylation sites is 1. The zero-order valence-electron chi connectivity index (χ0n) is 18.5. The van der Waals surface area contributed by atoms with Gasteiger partial charge in [0.05, 0.1) is 28.7 Å². The van der Waals surface area contributed by atoms with Gasteiger partial charge in [-0.25, -0.2) is 13.1 Å². The first-order valence-electron chi connectivity index (χ1n) is 10.7. The number of hydrogen-bond donors (Lipinski definition) is 1. The lowest BCUT2D eigenvalue weighted by atomic mass is 9.97. The van der Waals surface area contributed by atoms with Gasteiger partial charge in [-0.05, 0) is 57.0 Å². The number of hydrogen-bond acceptors (Lipinski definition) is 5. The number of nitriles is 1. The van der Waals surface area contributed by atoms with Crippen molar-refractivity contribution in [1.29, 1.82) is 5.26 Å². The smallest absolute Gasteiger partial charge is 0.246 e. The highest BCUT2D eigenvalue weighted by Crippen LogP contribution is 2.29. The normalized spacial score (nSPS) is 15.2. The fraction of sp³-hybridized carbons (Fsp3) is 0.292. The summed E-state index contributed by atoms with van der Waals surface area (Å²) in [6.45, 7) is 3.98. The Labute approximate surface area is 193 Å². The van der Waals surface area contributed by atoms with Crippen LogP contribution in [0.25, 0.3) is 5.69 Å². The molecule has 1 aliphatic heterocycles. The number of benzene rings is 2. The van der Waals surface area contributed by atoms with E-state index in [4.69, 9.17) is 5.26 Å². The third-order valence-electron chi connectivity index (χ3n) is 5.91. The van der Waals surface area contributed by atoms with Gasteiger partial charge < -0.3 is 5.32 Å². The molecule has 9 heteroatoms. The van der Waals surface area contributed by atoms with E-state index < -0.39 is 10.0 Å². The van der Waals surface area contributed by atoms with E-state index in [0.717, 1.165) is 5.69 Å². The maximum Gasteiger partial charge on any atom is 0.246 e. The summed E-state index contributed by atoms with van der Waals surface area (Å²) in [5, 5.41) is 16.3. The molecule has 0 unspecified atom stereocenters. The van der Waals surface area contributed by atoms with Gasteiger partial charge in [-0.3, -0.25) is 4.79 Å². The molecule has 1 saturated heterocycles. The average Bonchev–Trinajstić information content (AvgIpc) is 3.14. The van der Waals surface area contributed by atoms with Crippen LogP contribution in [0.1, 0.15) is 29.8 Å². The molecular formula is C24H25N5O3S. The van der Waals surface area contributed by atoms with E-state index in [0.29, 0.717) is 35.5 Å². The monoisotopic (exact) mass is 463 g/mol. The molecule has 0 spiro atoms. The Kier molecular flexibility index (Phi) is 6.31. The molecule has 3 aromatic rings. The number of carbonyl (C=O) groups is 1. The van der Waals surface area contributed by atoms with Crippen molar-refractivity contribution in [3.63, 3.8) is 0 Å². The third-order valence-corrected chi connectivity index (χ3v) is 8.06. The van der Waals surface area contributed by atoms with Crippen LogP contribution in [0.2, 0.25) is 0 Å². The Balaban J connectivity index is 1.47. The maximum absolute atomic E-state index is 13.5. The van der Waals surface area contributed by atoms with Crippen LogP contribution in [0.3, 0.4) is 0 Å². The number of amides is 1. The van der Waals surface area contributed by atoms with Gasteiger partial charge in [0.25, 0.3) is 0 Å². The van der Waals surface area contributed by atoms with Gasteiger partial charge in [-0.2, -0.15) is 14.7 Å². The van der Waals surface area contributed by atoms with E-state index in [1.807, 2.05) is 36.4 Å². The van der Waals surface area contributed by atoms with Gasteiger partial charge >= 0.3 is 0 Å². The average molecular weight is 464 g/mol. The highest BCUT2D eigenvalue weighted by atomic mass is 32.2. The quantitative estimate of drug-likeness (QED) is 0.624. The van der Waals surface area contributed by atoms with Crippen molar-refractivity contribution in [2.75, 3.05) is 18.4 Å². The first-order chi connectivity index (χ1) is 15.8. The van der Waals surface area contributed by atoms with Crippen molar-refractivity contribution >= 4 is 21.6 Å². The molecule has 0 saturated carbocycles. The Morgan fingerprint density at radius 2 is 1.79 bits per heavy atom. The van der Waals surface area contributed by atoms with Crippen LogP contribution in [0.15, 0.2) is 59.5 Å². The number of piperidine rings is 1. The minimum atomic E-state index is -3.75. The van der Waals surface area contributed by atoms with E-state index in [-0.39, 0.29) is 29.8 Å². The van der Waals surface area contributed by atoms with Crippen molar-refractivity contribution in [3.8, 4) is 11.8 Å². The molecule has 8 nitrogen and oxygen atoms in total. The summed E-state index contributed by atoms with van der Waals surface area (Å²) in [6, 6.07) is 18.2. The zero-order valence-corrected chi connectivity index (χ0v) is 19.3. The predicted molar refractivity (Wildman–Crippen MR) is 124 cm³/mol. The largest absolute Gasteiger partial charge is 0.326 e. The van der Waals surface area contributed by atoms with Gasteiger partial charge in [0.2, 0.25) is 15.9 Å². The summed E-state index contributed by atoms with van der Waals surface area (Å²) in [7, 11) is -3.75. The van der Waals surface area contributed by atoms with Crippen molar-refractivity contribution < 1.29 is 13.2 Å². The Morgan fingerprint density at radius 3 is 2.45 bits per heavy atom. The maximum atomic E-state index is 13.5. The Bertz CT molecular complexity index is 1320. The second-order valence-corrected chi connectivity index (χ2v) is 9.98. The molecule has 1 amide bonds. The van der Waals surface area contributed by atoms with Crippen LogP contribution >= 0.6 is 0 Å². The second-order valence-electron chi connectivity index (χ2n) is 8.11. The molecule has 0 radical (unpaired) electrons. The number of rotatable bonds is 5. The molecule has 1 aromatic heterocycles. The van der Waals surface area contributed by atoms with Crippen LogP contribution in [0, 0.1) is 31.1 Å². The lowest BCUT2D eigenvalue weighted by Gasteiger charge is -2.30. The van der Waals surface area contributed by atoms with Gasteiger partial charge in [0.15, 0.2) is 0 Å². The summed E-state index contributed by atoms with van der Waals surface area (Å²) >= 11 is 0. The van der Waals surface area contributed by atoms with E-state index in [9.17, 15) is 13.2 Å². The molecule has 170 valence electrons. The summed E-state index contributed by atoms with van der Waals surface area (Å²) in [5.74, 6) is -0.456. The third kappa shape index (κ3) is 4.53. The summed E-state index contributed by atoms with van der Waals surface area (Å²) in [4.78, 5) is 12.9. The molecule has 33 heavy (non-hydrogen) atoms. The Morgan fingerprint density at radius 1 is 1.09 bits per heavy atom. The van der Waals surface area contributed by atoms with Crippen LogP contribution in [0.5, 0.6) is 0 Å². The first-order valence-corrected chi connectivity index (χ1v) is 12.2. The van der Waals surface area contributed by atoms with E-state index in [1.165, 1.54) is 4.31 Å². The van der Waals surface area contributed by atoms with Gasteiger partial charge in [-0.15, -0.1) is 0 Å². The highest BCUT2D eigenvalue weighted by Gasteiger charge is 2.35. The zero-order chi connectivity index (χ0) is 23.6. The van der Waals surface area contributed by atoms with Crippen molar-refractivity contribution in [3.05, 3.63) is 71.5 Å². The van der Waals surface area contributed by atoms with Crippen LogP contribution in [0.4, 0.5) is 5.69 Å². The molecule has 1 fully saturated rings. The number of sulfonamides is 1. The molecule has 2 aromatic carbocycles. The summed E-state index contributed by atoms with van der Waals surface area (Å²) in [6.07, 6.45) is 0.849. The standard InChI is InChI=1S/C24H25N5O3S/c1-17-23(18(2)29(27-17)22-9-4-3-5-10-22)33(31,32)28-13-11-20(12-14-28)24(30)26-21-8-6-7-19(15-21)16-25/h3-10,15,20H,11-14H2,1-2H3,(H,26,30). The van der Waals surface area contributed by atoms with E-state index >= 15 is 0 Å². The molecule has 1 aliphatic rings. The molecule has 0 atom stereocenters.